The minimum atomic E-state index is -0.491. The molecule has 1 N–H and O–H groups in total. The van der Waals surface area contributed by atoms with Crippen LogP contribution in [0.25, 0.3) is 5.65 Å². The van der Waals surface area contributed by atoms with E-state index >= 15 is 0 Å². The van der Waals surface area contributed by atoms with E-state index in [2.05, 4.69) is 47.8 Å². The summed E-state index contributed by atoms with van der Waals surface area (Å²) in [6.45, 7) is 9.04. The van der Waals surface area contributed by atoms with Gasteiger partial charge in [-0.05, 0) is 32.0 Å². The van der Waals surface area contributed by atoms with Crippen LogP contribution in [0, 0.1) is 0 Å². The molecule has 1 saturated carbocycles. The molecular weight excluding hydrogens is 340 g/mol. The van der Waals surface area contributed by atoms with Gasteiger partial charge >= 0.3 is 0 Å². The van der Waals surface area contributed by atoms with Crippen molar-refractivity contribution in [2.45, 2.75) is 69.9 Å². The van der Waals surface area contributed by atoms with Crippen molar-refractivity contribution in [1.29, 1.82) is 0 Å². The topological polar surface area (TPSA) is 69.8 Å². The van der Waals surface area contributed by atoms with Gasteiger partial charge in [-0.15, -0.1) is 15.3 Å². The van der Waals surface area contributed by atoms with Gasteiger partial charge in [0.1, 0.15) is 5.82 Å². The fourth-order valence-electron chi connectivity index (χ4n) is 4.30. The highest BCUT2D eigenvalue weighted by Crippen LogP contribution is 2.30. The highest BCUT2D eigenvalue weighted by Gasteiger charge is 2.37. The van der Waals surface area contributed by atoms with Gasteiger partial charge in [0.25, 0.3) is 0 Å². The van der Waals surface area contributed by atoms with E-state index in [4.69, 9.17) is 5.10 Å². The van der Waals surface area contributed by atoms with Crippen molar-refractivity contribution in [3.63, 3.8) is 0 Å². The average molecular weight is 373 g/mol. The second-order valence-corrected chi connectivity index (χ2v) is 9.49. The molecule has 27 heavy (non-hydrogen) atoms. The van der Waals surface area contributed by atoms with Crippen molar-refractivity contribution in [1.82, 2.24) is 24.7 Å². The van der Waals surface area contributed by atoms with Gasteiger partial charge in [-0.1, -0.05) is 40.0 Å². The quantitative estimate of drug-likeness (QED) is 0.888. The molecule has 2 aliphatic rings. The Morgan fingerprint density at radius 3 is 2.52 bits per heavy atom. The Hall–Kier alpha value is -1.73. The number of hydrogen-bond acceptors (Lipinski definition) is 6. The number of aliphatic hydroxyl groups is 1. The summed E-state index contributed by atoms with van der Waals surface area (Å²) in [6, 6.07) is 4.49. The molecule has 2 aromatic rings. The zero-order chi connectivity index (χ0) is 19.2. The van der Waals surface area contributed by atoms with Crippen molar-refractivity contribution in [3.05, 3.63) is 18.0 Å². The first kappa shape index (κ1) is 18.6. The monoisotopic (exact) mass is 372 g/mol. The first-order valence-electron chi connectivity index (χ1n) is 10.2. The SMILES string of the molecule is CN(CC1(O)CCCCC1)C1CN(c2ccc3nnc(C(C)(C)C)n3n2)C1. The van der Waals surface area contributed by atoms with Gasteiger partial charge in [0.05, 0.1) is 5.60 Å². The smallest absolute Gasteiger partial charge is 0.178 e. The van der Waals surface area contributed by atoms with Crippen LogP contribution in [-0.4, -0.2) is 68.1 Å². The third kappa shape index (κ3) is 3.67. The van der Waals surface area contributed by atoms with Crippen molar-refractivity contribution >= 4 is 11.5 Å². The van der Waals surface area contributed by atoms with Gasteiger partial charge in [-0.2, -0.15) is 4.52 Å². The number of nitrogens with zero attached hydrogens (tertiary/aromatic N) is 6. The molecule has 4 rings (SSSR count). The molecule has 2 aromatic heterocycles. The van der Waals surface area contributed by atoms with E-state index in [0.717, 1.165) is 62.6 Å². The van der Waals surface area contributed by atoms with E-state index in [1.54, 1.807) is 0 Å². The summed E-state index contributed by atoms with van der Waals surface area (Å²) in [5.41, 5.74) is 0.199. The van der Waals surface area contributed by atoms with Gasteiger partial charge in [0.15, 0.2) is 11.5 Å². The summed E-state index contributed by atoms with van der Waals surface area (Å²) in [6.07, 6.45) is 5.45. The molecule has 0 unspecified atom stereocenters. The summed E-state index contributed by atoms with van der Waals surface area (Å²) in [4.78, 5) is 4.62. The minimum absolute atomic E-state index is 0.0990. The molecule has 0 radical (unpaired) electrons. The molecule has 1 aliphatic heterocycles. The second-order valence-electron chi connectivity index (χ2n) is 9.49. The Bertz CT molecular complexity index is 798. The lowest BCUT2D eigenvalue weighted by atomic mass is 9.84. The largest absolute Gasteiger partial charge is 0.389 e. The molecule has 0 aromatic carbocycles. The van der Waals surface area contributed by atoms with E-state index in [-0.39, 0.29) is 5.41 Å². The van der Waals surface area contributed by atoms with Crippen LogP contribution >= 0.6 is 0 Å². The van der Waals surface area contributed by atoms with Crippen molar-refractivity contribution in [2.75, 3.05) is 31.6 Å². The molecule has 0 atom stereocenters. The van der Waals surface area contributed by atoms with Crippen molar-refractivity contribution < 1.29 is 5.11 Å². The van der Waals surface area contributed by atoms with E-state index in [0.29, 0.717) is 6.04 Å². The Morgan fingerprint density at radius 1 is 1.15 bits per heavy atom. The van der Waals surface area contributed by atoms with Crippen LogP contribution < -0.4 is 4.90 Å². The van der Waals surface area contributed by atoms with Crippen LogP contribution in [0.5, 0.6) is 0 Å². The first-order valence-corrected chi connectivity index (χ1v) is 10.2. The number of rotatable bonds is 4. The fourth-order valence-corrected chi connectivity index (χ4v) is 4.30. The molecule has 7 nitrogen and oxygen atoms in total. The second kappa shape index (κ2) is 6.71. The highest BCUT2D eigenvalue weighted by molar-refractivity contribution is 5.48. The maximum absolute atomic E-state index is 10.8. The number of likely N-dealkylation sites (N-methyl/N-ethyl adjacent to an activating group) is 1. The maximum Gasteiger partial charge on any atom is 0.178 e. The molecule has 0 amide bonds. The lowest BCUT2D eigenvalue weighted by Crippen LogP contribution is -2.61. The standard InChI is InChI=1S/C20H32N6O/c1-19(2,3)18-22-21-16-8-9-17(23-26(16)18)25-12-15(13-25)24(4)14-20(27)10-6-5-7-11-20/h8-9,15,27H,5-7,10-14H2,1-4H3. The molecular formula is C20H32N6O. The predicted octanol–water partition coefficient (Wildman–Crippen LogP) is 2.24. The minimum Gasteiger partial charge on any atom is -0.389 e. The zero-order valence-corrected chi connectivity index (χ0v) is 17.0. The van der Waals surface area contributed by atoms with Crippen molar-refractivity contribution in [3.8, 4) is 0 Å². The van der Waals surface area contributed by atoms with E-state index < -0.39 is 5.60 Å². The molecule has 3 heterocycles. The number of anilines is 1. The van der Waals surface area contributed by atoms with E-state index in [1.807, 2.05) is 16.6 Å². The van der Waals surface area contributed by atoms with Crippen LogP contribution in [0.1, 0.15) is 58.7 Å². The molecule has 0 spiro atoms. The van der Waals surface area contributed by atoms with Gasteiger partial charge < -0.3 is 10.0 Å². The number of aromatic nitrogens is 4. The van der Waals surface area contributed by atoms with Gasteiger partial charge in [-0.3, -0.25) is 4.90 Å². The third-order valence-corrected chi connectivity index (χ3v) is 6.06. The third-order valence-electron chi connectivity index (χ3n) is 6.06. The van der Waals surface area contributed by atoms with Crippen LogP contribution in [0.2, 0.25) is 0 Å². The van der Waals surface area contributed by atoms with Gasteiger partial charge in [0.2, 0.25) is 0 Å². The summed E-state index contributed by atoms with van der Waals surface area (Å²) < 4.78 is 1.87. The van der Waals surface area contributed by atoms with E-state index in [1.165, 1.54) is 6.42 Å². The maximum atomic E-state index is 10.8. The first-order chi connectivity index (χ1) is 12.8. The van der Waals surface area contributed by atoms with Crippen LogP contribution in [0.15, 0.2) is 12.1 Å². The van der Waals surface area contributed by atoms with Crippen LogP contribution in [-0.2, 0) is 5.41 Å². The predicted molar refractivity (Wildman–Crippen MR) is 106 cm³/mol. The van der Waals surface area contributed by atoms with Crippen LogP contribution in [0.4, 0.5) is 5.82 Å². The fraction of sp³-hybridized carbons (Fsp3) is 0.750. The summed E-state index contributed by atoms with van der Waals surface area (Å²) in [5, 5.41) is 24.2. The van der Waals surface area contributed by atoms with E-state index in [9.17, 15) is 5.11 Å². The highest BCUT2D eigenvalue weighted by atomic mass is 16.3. The summed E-state index contributed by atoms with van der Waals surface area (Å²) in [7, 11) is 2.14. The Morgan fingerprint density at radius 2 is 1.85 bits per heavy atom. The summed E-state index contributed by atoms with van der Waals surface area (Å²) >= 11 is 0. The van der Waals surface area contributed by atoms with Gasteiger partial charge in [-0.25, -0.2) is 0 Å². The normalized spacial score (nSPS) is 21.0. The van der Waals surface area contributed by atoms with Crippen LogP contribution in [0.3, 0.4) is 0 Å². The lowest BCUT2D eigenvalue weighted by Gasteiger charge is -2.47. The molecule has 1 aliphatic carbocycles. The van der Waals surface area contributed by atoms with Crippen molar-refractivity contribution in [2.24, 2.45) is 0 Å². The number of hydrogen-bond donors (Lipinski definition) is 1. The average Bonchev–Trinajstić information content (AvgIpc) is 2.97. The lowest BCUT2D eigenvalue weighted by molar-refractivity contribution is -0.0316. The summed E-state index contributed by atoms with van der Waals surface area (Å²) in [5.74, 6) is 1.85. The molecule has 0 bridgehead atoms. The Balaban J connectivity index is 1.41. The molecule has 148 valence electrons. The zero-order valence-electron chi connectivity index (χ0n) is 17.0. The molecule has 7 heteroatoms. The Labute approximate surface area is 161 Å². The Kier molecular flexibility index (Phi) is 4.63. The van der Waals surface area contributed by atoms with Gasteiger partial charge in [0, 0.05) is 31.1 Å². The molecule has 1 saturated heterocycles. The number of fused-ring (bicyclic) bond motifs is 1. The molecule has 2 fully saturated rings.